The monoisotopic (exact) mass is 337 g/mol. The van der Waals surface area contributed by atoms with Crippen molar-refractivity contribution in [2.75, 3.05) is 13.1 Å². The Morgan fingerprint density at radius 3 is 2.67 bits per heavy atom. The number of amides is 1. The van der Waals surface area contributed by atoms with Crippen LogP contribution < -0.4 is 5.73 Å². The van der Waals surface area contributed by atoms with Gasteiger partial charge in [0, 0.05) is 23.4 Å². The van der Waals surface area contributed by atoms with Gasteiger partial charge >= 0.3 is 6.09 Å². The van der Waals surface area contributed by atoms with Crippen molar-refractivity contribution >= 4 is 11.8 Å². The number of nitrogens with two attached hydrogens (primary N) is 1. The zero-order valence-electron chi connectivity index (χ0n) is 14.0. The Hall–Kier alpha value is -2.44. The molecule has 0 unspecified atom stereocenters. The summed E-state index contributed by atoms with van der Waals surface area (Å²) >= 11 is 0. The van der Waals surface area contributed by atoms with Gasteiger partial charge in [-0.25, -0.2) is 13.6 Å². The fourth-order valence-corrected chi connectivity index (χ4v) is 2.22. The van der Waals surface area contributed by atoms with Crippen molar-refractivity contribution < 1.29 is 18.3 Å². The van der Waals surface area contributed by atoms with Gasteiger partial charge in [-0.2, -0.15) is 0 Å². The van der Waals surface area contributed by atoms with Crippen molar-refractivity contribution in [1.29, 1.82) is 0 Å². The Bertz CT molecular complexity index is 694. The molecule has 1 aliphatic heterocycles. The summed E-state index contributed by atoms with van der Waals surface area (Å²) in [5, 5.41) is 0. The van der Waals surface area contributed by atoms with Gasteiger partial charge in [-0.1, -0.05) is 6.07 Å². The summed E-state index contributed by atoms with van der Waals surface area (Å²) in [6, 6.07) is 3.35. The summed E-state index contributed by atoms with van der Waals surface area (Å²) in [6.45, 7) is 5.92. The molecule has 0 bridgehead atoms. The first-order valence-electron chi connectivity index (χ1n) is 7.56. The van der Waals surface area contributed by atoms with Gasteiger partial charge < -0.3 is 10.5 Å². The first kappa shape index (κ1) is 17.9. The summed E-state index contributed by atoms with van der Waals surface area (Å²) in [5.41, 5.74) is 6.54. The van der Waals surface area contributed by atoms with Crippen LogP contribution in [0.5, 0.6) is 0 Å². The standard InChI is InChI=1S/C17H21F2N3O2/c1-17(2,3)24-16(23)22-9-12(7-20)15(10-22)21-8-11-4-5-13(18)6-14(11)19/h4-7H,8-10,20H2,1-3H3/b12-7-,21-15?. The number of carbonyl (C=O) groups excluding carboxylic acids is 1. The van der Waals surface area contributed by atoms with E-state index in [0.29, 0.717) is 11.3 Å². The van der Waals surface area contributed by atoms with Gasteiger partial charge in [-0.3, -0.25) is 9.89 Å². The third-order valence-corrected chi connectivity index (χ3v) is 3.38. The molecular weight excluding hydrogens is 316 g/mol. The second-order valence-corrected chi connectivity index (χ2v) is 6.53. The quantitative estimate of drug-likeness (QED) is 0.902. The van der Waals surface area contributed by atoms with Gasteiger partial charge in [0.05, 0.1) is 25.3 Å². The summed E-state index contributed by atoms with van der Waals surface area (Å²) < 4.78 is 31.9. The van der Waals surface area contributed by atoms with Crippen molar-refractivity contribution in [3.8, 4) is 0 Å². The number of benzene rings is 1. The molecule has 1 fully saturated rings. The smallest absolute Gasteiger partial charge is 0.410 e. The summed E-state index contributed by atoms with van der Waals surface area (Å²) in [5.74, 6) is -1.29. The Morgan fingerprint density at radius 2 is 2.08 bits per heavy atom. The zero-order chi connectivity index (χ0) is 17.9. The van der Waals surface area contributed by atoms with Crippen LogP contribution >= 0.6 is 0 Å². The maximum Gasteiger partial charge on any atom is 0.410 e. The molecule has 0 saturated carbocycles. The van der Waals surface area contributed by atoms with Gasteiger partial charge in [0.25, 0.3) is 0 Å². The van der Waals surface area contributed by atoms with Crippen LogP contribution in [0.25, 0.3) is 0 Å². The lowest BCUT2D eigenvalue weighted by Gasteiger charge is -2.23. The number of aliphatic imine (C=N–C) groups is 1. The minimum absolute atomic E-state index is 0.0426. The van der Waals surface area contributed by atoms with E-state index in [1.54, 1.807) is 20.8 Å². The van der Waals surface area contributed by atoms with Crippen LogP contribution in [0.4, 0.5) is 13.6 Å². The average molecular weight is 337 g/mol. The van der Waals surface area contributed by atoms with Crippen LogP contribution in [0.1, 0.15) is 26.3 Å². The third-order valence-electron chi connectivity index (χ3n) is 3.38. The molecule has 1 heterocycles. The third kappa shape index (κ3) is 4.53. The predicted octanol–water partition coefficient (Wildman–Crippen LogP) is 3.00. The molecule has 130 valence electrons. The summed E-state index contributed by atoms with van der Waals surface area (Å²) in [7, 11) is 0. The Labute approximate surface area is 139 Å². The van der Waals surface area contributed by atoms with Crippen molar-refractivity contribution in [3.05, 3.63) is 47.2 Å². The fourth-order valence-electron chi connectivity index (χ4n) is 2.22. The lowest BCUT2D eigenvalue weighted by atomic mass is 10.2. The normalized spacial score (nSPS) is 18.5. The van der Waals surface area contributed by atoms with E-state index in [0.717, 1.165) is 6.07 Å². The highest BCUT2D eigenvalue weighted by atomic mass is 19.1. The Kier molecular flexibility index (Phi) is 5.21. The molecule has 0 spiro atoms. The largest absolute Gasteiger partial charge is 0.444 e. The highest BCUT2D eigenvalue weighted by Crippen LogP contribution is 2.18. The zero-order valence-corrected chi connectivity index (χ0v) is 14.0. The lowest BCUT2D eigenvalue weighted by molar-refractivity contribution is 0.0310. The van der Waals surface area contributed by atoms with Gasteiger partial charge in [0.1, 0.15) is 17.2 Å². The minimum Gasteiger partial charge on any atom is -0.444 e. The second kappa shape index (κ2) is 6.98. The minimum atomic E-state index is -0.653. The molecule has 24 heavy (non-hydrogen) atoms. The van der Waals surface area contributed by atoms with Crippen molar-refractivity contribution in [2.45, 2.75) is 32.9 Å². The molecule has 2 N–H and O–H groups in total. The number of ether oxygens (including phenoxy) is 1. The number of likely N-dealkylation sites (tertiary alicyclic amines) is 1. The molecular formula is C17H21F2N3O2. The van der Waals surface area contributed by atoms with Crippen LogP contribution in [0, 0.1) is 11.6 Å². The number of halogens is 2. The van der Waals surface area contributed by atoms with Crippen LogP contribution in [-0.2, 0) is 11.3 Å². The predicted molar refractivity (Wildman–Crippen MR) is 87.6 cm³/mol. The molecule has 1 aromatic rings. The fraction of sp³-hybridized carbons (Fsp3) is 0.412. The molecule has 0 radical (unpaired) electrons. The van der Waals surface area contributed by atoms with Crippen LogP contribution in [0.3, 0.4) is 0 Å². The van der Waals surface area contributed by atoms with Crippen LogP contribution in [-0.4, -0.2) is 35.4 Å². The highest BCUT2D eigenvalue weighted by molar-refractivity contribution is 6.06. The van der Waals surface area contributed by atoms with E-state index in [1.165, 1.54) is 23.2 Å². The summed E-state index contributed by atoms with van der Waals surface area (Å²) in [4.78, 5) is 17.9. The van der Waals surface area contributed by atoms with Crippen molar-refractivity contribution in [3.63, 3.8) is 0 Å². The van der Waals surface area contributed by atoms with Gasteiger partial charge in [-0.15, -0.1) is 0 Å². The SMILES string of the molecule is CC(C)(C)OC(=O)N1CC(=NCc2ccc(F)cc2F)/C(=C\N)C1. The first-order chi connectivity index (χ1) is 11.2. The maximum atomic E-state index is 13.7. The topological polar surface area (TPSA) is 67.9 Å². The Balaban J connectivity index is 2.10. The molecule has 7 heteroatoms. The van der Waals surface area contributed by atoms with Gasteiger partial charge in [0.15, 0.2) is 0 Å². The van der Waals surface area contributed by atoms with Gasteiger partial charge in [-0.05, 0) is 26.8 Å². The van der Waals surface area contributed by atoms with Crippen molar-refractivity contribution in [1.82, 2.24) is 4.90 Å². The molecule has 0 aliphatic carbocycles. The van der Waals surface area contributed by atoms with E-state index in [1.807, 2.05) is 0 Å². The number of rotatable bonds is 2. The Morgan fingerprint density at radius 1 is 1.38 bits per heavy atom. The van der Waals surface area contributed by atoms with Crippen molar-refractivity contribution in [2.24, 2.45) is 10.7 Å². The second-order valence-electron chi connectivity index (χ2n) is 6.53. The molecule has 2 rings (SSSR count). The number of hydrogen-bond donors (Lipinski definition) is 1. The molecule has 1 amide bonds. The maximum absolute atomic E-state index is 13.7. The lowest BCUT2D eigenvalue weighted by Crippen LogP contribution is -2.35. The first-order valence-corrected chi connectivity index (χ1v) is 7.56. The van der Waals surface area contributed by atoms with E-state index < -0.39 is 23.3 Å². The average Bonchev–Trinajstić information content (AvgIpc) is 2.88. The highest BCUT2D eigenvalue weighted by Gasteiger charge is 2.30. The molecule has 1 aliphatic rings. The molecule has 1 aromatic carbocycles. The van der Waals surface area contributed by atoms with E-state index in [-0.39, 0.29) is 25.2 Å². The number of nitrogens with zero attached hydrogens (tertiary/aromatic N) is 2. The van der Waals surface area contributed by atoms with E-state index in [4.69, 9.17) is 10.5 Å². The number of carbonyl (C=O) groups is 1. The van der Waals surface area contributed by atoms with Crippen LogP contribution in [0.2, 0.25) is 0 Å². The molecule has 1 saturated heterocycles. The molecule has 0 atom stereocenters. The molecule has 5 nitrogen and oxygen atoms in total. The van der Waals surface area contributed by atoms with E-state index in [2.05, 4.69) is 4.99 Å². The van der Waals surface area contributed by atoms with Gasteiger partial charge in [0.2, 0.25) is 0 Å². The van der Waals surface area contributed by atoms with E-state index >= 15 is 0 Å². The summed E-state index contributed by atoms with van der Waals surface area (Å²) in [6.07, 6.45) is 0.921. The molecule has 0 aromatic heterocycles. The van der Waals surface area contributed by atoms with E-state index in [9.17, 15) is 13.6 Å². The number of hydrogen-bond acceptors (Lipinski definition) is 4. The van der Waals surface area contributed by atoms with Crippen LogP contribution in [0.15, 0.2) is 35.0 Å².